The van der Waals surface area contributed by atoms with E-state index in [1.54, 1.807) is 0 Å². The number of halogens is 2. The largest absolute Gasteiger partial charge is 0.399 e. The third-order valence-electron chi connectivity index (χ3n) is 5.10. The predicted molar refractivity (Wildman–Crippen MR) is 82.1 cm³/mol. The molecule has 0 atom stereocenters. The Bertz CT molecular complexity index is 672. The van der Waals surface area contributed by atoms with Crippen LogP contribution in [0.15, 0.2) is 17.0 Å². The van der Waals surface area contributed by atoms with Crippen molar-refractivity contribution in [2.24, 2.45) is 16.7 Å². The van der Waals surface area contributed by atoms with E-state index in [1.165, 1.54) is 6.07 Å². The highest BCUT2D eigenvalue weighted by molar-refractivity contribution is 7.89. The van der Waals surface area contributed by atoms with Crippen molar-refractivity contribution in [2.45, 2.75) is 32.6 Å². The van der Waals surface area contributed by atoms with Gasteiger partial charge in [0.25, 0.3) is 0 Å². The van der Waals surface area contributed by atoms with Gasteiger partial charge in [-0.15, -0.1) is 0 Å². The highest BCUT2D eigenvalue weighted by Crippen LogP contribution is 2.67. The number of benzene rings is 1. The molecule has 1 saturated carbocycles. The Morgan fingerprint density at radius 2 is 1.81 bits per heavy atom. The van der Waals surface area contributed by atoms with E-state index in [1.807, 2.05) is 0 Å². The van der Waals surface area contributed by atoms with E-state index >= 15 is 0 Å². The lowest BCUT2D eigenvalue weighted by atomic mass is 10.0. The molecule has 0 unspecified atom stereocenters. The maximum atomic E-state index is 13.9. The number of rotatable bonds is 4. The van der Waals surface area contributed by atoms with Crippen LogP contribution in [0.2, 0.25) is 5.02 Å². The van der Waals surface area contributed by atoms with Gasteiger partial charge in [-0.1, -0.05) is 39.3 Å². The van der Waals surface area contributed by atoms with E-state index in [9.17, 15) is 12.8 Å². The lowest BCUT2D eigenvalue weighted by molar-refractivity contribution is 0.457. The summed E-state index contributed by atoms with van der Waals surface area (Å²) in [5.74, 6) is -0.785. The van der Waals surface area contributed by atoms with Crippen LogP contribution in [0.1, 0.15) is 27.7 Å². The SMILES string of the molecule is CC1(C)C(CNS(=O)(=O)c2cc(N)cc(Cl)c2F)C1(C)C. The van der Waals surface area contributed by atoms with Gasteiger partial charge in [0.1, 0.15) is 4.90 Å². The number of nitrogens with one attached hydrogen (secondary N) is 1. The molecule has 1 aliphatic rings. The Labute approximate surface area is 129 Å². The van der Waals surface area contributed by atoms with Crippen molar-refractivity contribution in [3.8, 4) is 0 Å². The zero-order valence-corrected chi connectivity index (χ0v) is 14.1. The van der Waals surface area contributed by atoms with Crippen molar-refractivity contribution in [1.82, 2.24) is 4.72 Å². The molecule has 21 heavy (non-hydrogen) atoms. The minimum absolute atomic E-state index is 0.0431. The van der Waals surface area contributed by atoms with Gasteiger partial charge in [-0.05, 0) is 28.9 Å². The molecule has 4 nitrogen and oxygen atoms in total. The lowest BCUT2D eigenvalue weighted by Crippen LogP contribution is -2.28. The van der Waals surface area contributed by atoms with Crippen LogP contribution >= 0.6 is 11.6 Å². The summed E-state index contributed by atoms with van der Waals surface area (Å²) in [6, 6.07) is 2.26. The highest BCUT2D eigenvalue weighted by atomic mass is 35.5. The van der Waals surface area contributed by atoms with E-state index in [0.29, 0.717) is 0 Å². The molecule has 7 heteroatoms. The van der Waals surface area contributed by atoms with Crippen LogP contribution in [0, 0.1) is 22.6 Å². The quantitative estimate of drug-likeness (QED) is 0.831. The Morgan fingerprint density at radius 1 is 1.29 bits per heavy atom. The second-order valence-corrected chi connectivity index (χ2v) is 8.81. The molecular formula is C14H20ClFN2O2S. The number of nitrogen functional groups attached to an aromatic ring is 1. The van der Waals surface area contributed by atoms with Gasteiger partial charge >= 0.3 is 0 Å². The summed E-state index contributed by atoms with van der Waals surface area (Å²) in [6.45, 7) is 8.61. The van der Waals surface area contributed by atoms with Crippen LogP contribution < -0.4 is 10.5 Å². The first-order valence-corrected chi connectivity index (χ1v) is 8.51. The van der Waals surface area contributed by atoms with Gasteiger partial charge in [-0.25, -0.2) is 17.5 Å². The molecule has 3 N–H and O–H groups in total. The molecular weight excluding hydrogens is 315 g/mol. The molecule has 0 saturated heterocycles. The maximum absolute atomic E-state index is 13.9. The molecule has 1 fully saturated rings. The van der Waals surface area contributed by atoms with Crippen LogP contribution in [0.25, 0.3) is 0 Å². The van der Waals surface area contributed by atoms with E-state index in [4.69, 9.17) is 17.3 Å². The van der Waals surface area contributed by atoms with Crippen LogP contribution in [0.3, 0.4) is 0 Å². The molecule has 0 aromatic heterocycles. The monoisotopic (exact) mass is 334 g/mol. The minimum Gasteiger partial charge on any atom is -0.399 e. The molecule has 0 spiro atoms. The Morgan fingerprint density at radius 3 is 2.29 bits per heavy atom. The zero-order chi connectivity index (χ0) is 16.2. The maximum Gasteiger partial charge on any atom is 0.243 e. The number of sulfonamides is 1. The highest BCUT2D eigenvalue weighted by Gasteiger charge is 2.64. The van der Waals surface area contributed by atoms with Crippen molar-refractivity contribution >= 4 is 27.3 Å². The van der Waals surface area contributed by atoms with Crippen LogP contribution in [-0.2, 0) is 10.0 Å². The fourth-order valence-electron chi connectivity index (χ4n) is 2.89. The van der Waals surface area contributed by atoms with Gasteiger partial charge in [0.15, 0.2) is 5.82 Å². The van der Waals surface area contributed by atoms with E-state index in [2.05, 4.69) is 32.4 Å². The summed E-state index contributed by atoms with van der Waals surface area (Å²) in [6.07, 6.45) is 0. The molecule has 0 bridgehead atoms. The molecule has 1 aliphatic carbocycles. The fourth-order valence-corrected chi connectivity index (χ4v) is 4.36. The third-order valence-corrected chi connectivity index (χ3v) is 6.80. The summed E-state index contributed by atoms with van der Waals surface area (Å²) in [5.41, 5.74) is 5.73. The summed E-state index contributed by atoms with van der Waals surface area (Å²) in [7, 11) is -3.98. The summed E-state index contributed by atoms with van der Waals surface area (Å²) in [5, 5.41) is -0.303. The molecule has 0 aliphatic heterocycles. The second-order valence-electron chi connectivity index (χ2n) is 6.66. The molecule has 0 radical (unpaired) electrons. The molecule has 1 aromatic rings. The number of hydrogen-bond donors (Lipinski definition) is 2. The van der Waals surface area contributed by atoms with Gasteiger partial charge < -0.3 is 5.73 Å². The Kier molecular flexibility index (Phi) is 3.80. The molecule has 118 valence electrons. The first-order chi connectivity index (χ1) is 9.41. The molecule has 0 heterocycles. The van der Waals surface area contributed by atoms with Gasteiger partial charge in [0, 0.05) is 12.2 Å². The molecule has 0 amide bonds. The van der Waals surface area contributed by atoms with E-state index in [-0.39, 0.29) is 34.0 Å². The Hall–Kier alpha value is -0.850. The first kappa shape index (κ1) is 16.5. The number of nitrogens with two attached hydrogens (primary N) is 1. The normalized spacial score (nSPS) is 20.5. The van der Waals surface area contributed by atoms with Crippen molar-refractivity contribution in [2.75, 3.05) is 12.3 Å². The van der Waals surface area contributed by atoms with Crippen molar-refractivity contribution < 1.29 is 12.8 Å². The molecule has 2 rings (SSSR count). The average Bonchev–Trinajstić information content (AvgIpc) is 2.71. The van der Waals surface area contributed by atoms with Crippen molar-refractivity contribution in [3.63, 3.8) is 0 Å². The smallest absolute Gasteiger partial charge is 0.243 e. The number of anilines is 1. The predicted octanol–water partition coefficient (Wildman–Crippen LogP) is 3.02. The summed E-state index contributed by atoms with van der Waals surface area (Å²) < 4.78 is 40.9. The Balaban J connectivity index is 2.22. The van der Waals surface area contributed by atoms with Crippen LogP contribution in [-0.4, -0.2) is 15.0 Å². The lowest BCUT2D eigenvalue weighted by Gasteiger charge is -2.10. The van der Waals surface area contributed by atoms with Gasteiger partial charge in [0.2, 0.25) is 10.0 Å². The van der Waals surface area contributed by atoms with Crippen molar-refractivity contribution in [3.05, 3.63) is 23.0 Å². The van der Waals surface area contributed by atoms with Gasteiger partial charge in [0.05, 0.1) is 5.02 Å². The fraction of sp³-hybridized carbons (Fsp3) is 0.571. The van der Waals surface area contributed by atoms with Crippen LogP contribution in [0.4, 0.5) is 10.1 Å². The van der Waals surface area contributed by atoms with Crippen LogP contribution in [0.5, 0.6) is 0 Å². The van der Waals surface area contributed by atoms with Gasteiger partial charge in [-0.2, -0.15) is 0 Å². The van der Waals surface area contributed by atoms with Crippen molar-refractivity contribution in [1.29, 1.82) is 0 Å². The topological polar surface area (TPSA) is 72.2 Å². The summed E-state index contributed by atoms with van der Waals surface area (Å²) >= 11 is 5.64. The number of hydrogen-bond acceptors (Lipinski definition) is 3. The first-order valence-electron chi connectivity index (χ1n) is 6.65. The third kappa shape index (κ3) is 2.64. The standard InChI is InChI=1S/C14H20ClFN2O2S/c1-13(2)11(14(13,3)4)7-18-21(19,20)10-6-8(17)5-9(15)12(10)16/h5-6,11,18H,7,17H2,1-4H3. The summed E-state index contributed by atoms with van der Waals surface area (Å²) in [4.78, 5) is -0.510. The second kappa shape index (κ2) is 4.83. The molecule has 1 aromatic carbocycles. The van der Waals surface area contributed by atoms with E-state index < -0.39 is 20.7 Å². The van der Waals surface area contributed by atoms with E-state index in [0.717, 1.165) is 6.07 Å². The average molecular weight is 335 g/mol. The van der Waals surface area contributed by atoms with Gasteiger partial charge in [-0.3, -0.25) is 0 Å². The zero-order valence-electron chi connectivity index (χ0n) is 12.5. The minimum atomic E-state index is -3.98.